The van der Waals surface area contributed by atoms with E-state index in [1.54, 1.807) is 18.3 Å². The number of hydrogen-bond donors (Lipinski definition) is 2. The standard InChI is InChI=1S/C25H32N4O2S/c1-18(16-27-24(26)20(3)25(30)28-22-10-8-7-9-11-22)21-12-14-23(15-13-21)32(6,31)19(2)17-29(4)5/h7-16,19H,3,6,17H2,1-2,4-5H3,(H2,26,27)(H,28,30)/b18-16+. The van der Waals surface area contributed by atoms with Crippen molar-refractivity contribution in [3.63, 3.8) is 0 Å². The molecule has 3 N–H and O–H groups in total. The average molecular weight is 453 g/mol. The molecular formula is C25H32N4O2S. The van der Waals surface area contributed by atoms with Crippen LogP contribution in [0.3, 0.4) is 0 Å². The minimum Gasteiger partial charge on any atom is -0.383 e. The van der Waals surface area contributed by atoms with Gasteiger partial charge in [0, 0.05) is 28.6 Å². The molecule has 0 bridgehead atoms. The van der Waals surface area contributed by atoms with Gasteiger partial charge in [0.05, 0.1) is 5.57 Å². The molecule has 0 aliphatic heterocycles. The zero-order valence-corrected chi connectivity index (χ0v) is 20.0. The molecule has 7 heteroatoms. The molecule has 0 aliphatic rings. The Bertz CT molecular complexity index is 1120. The van der Waals surface area contributed by atoms with Crippen LogP contribution in [-0.2, 0) is 14.3 Å². The van der Waals surface area contributed by atoms with Crippen LogP contribution in [0, 0.1) is 0 Å². The Hall–Kier alpha value is -3.16. The van der Waals surface area contributed by atoms with Crippen LogP contribution < -0.4 is 11.1 Å². The SMILES string of the molecule is C=C(C(=O)Nc1ccccc1)C(N)=N/C=C(\C)c1ccc(S(=C)(=O)C(C)CN(C)C)cc1. The van der Waals surface area contributed by atoms with Gasteiger partial charge in [-0.25, -0.2) is 4.99 Å². The molecule has 0 fully saturated rings. The van der Waals surface area contributed by atoms with E-state index < -0.39 is 15.4 Å². The van der Waals surface area contributed by atoms with Crippen molar-refractivity contribution in [3.8, 4) is 0 Å². The molecule has 1 amide bonds. The van der Waals surface area contributed by atoms with Crippen LogP contribution in [0.25, 0.3) is 5.57 Å². The molecule has 2 rings (SSSR count). The maximum Gasteiger partial charge on any atom is 0.258 e. The summed E-state index contributed by atoms with van der Waals surface area (Å²) < 4.78 is 13.2. The molecular weight excluding hydrogens is 420 g/mol. The van der Waals surface area contributed by atoms with Gasteiger partial charge < -0.3 is 16.0 Å². The summed E-state index contributed by atoms with van der Waals surface area (Å²) in [5.74, 6) is 3.62. The fraction of sp³-hybridized carbons (Fsp3) is 0.240. The quantitative estimate of drug-likeness (QED) is 0.263. The van der Waals surface area contributed by atoms with E-state index in [-0.39, 0.29) is 16.7 Å². The van der Waals surface area contributed by atoms with Crippen molar-refractivity contribution in [1.82, 2.24) is 4.90 Å². The number of amides is 1. The fourth-order valence-corrected chi connectivity index (χ4v) is 4.58. The van der Waals surface area contributed by atoms with E-state index in [0.717, 1.165) is 16.0 Å². The van der Waals surface area contributed by atoms with Crippen molar-refractivity contribution in [2.45, 2.75) is 24.0 Å². The van der Waals surface area contributed by atoms with Crippen LogP contribution in [0.4, 0.5) is 5.69 Å². The van der Waals surface area contributed by atoms with E-state index >= 15 is 0 Å². The number of amidine groups is 1. The van der Waals surface area contributed by atoms with E-state index in [1.807, 2.05) is 75.3 Å². The van der Waals surface area contributed by atoms with E-state index in [0.29, 0.717) is 12.2 Å². The number of allylic oxidation sites excluding steroid dienone is 1. The van der Waals surface area contributed by atoms with Crippen LogP contribution in [0.1, 0.15) is 19.4 Å². The van der Waals surface area contributed by atoms with Crippen molar-refractivity contribution < 1.29 is 9.00 Å². The van der Waals surface area contributed by atoms with E-state index in [1.165, 1.54) is 0 Å². The van der Waals surface area contributed by atoms with Gasteiger partial charge in [0.1, 0.15) is 5.84 Å². The lowest BCUT2D eigenvalue weighted by molar-refractivity contribution is -0.112. The number of nitrogens with one attached hydrogen (secondary N) is 1. The van der Waals surface area contributed by atoms with Crippen LogP contribution in [-0.4, -0.2) is 52.6 Å². The third-order valence-electron chi connectivity index (χ3n) is 4.99. The molecule has 2 atom stereocenters. The predicted octanol–water partition coefficient (Wildman–Crippen LogP) is 3.62. The number of carbonyl (C=O) groups excluding carboxylic acids is 1. The first-order chi connectivity index (χ1) is 15.0. The number of carbonyl (C=O) groups is 1. The van der Waals surface area contributed by atoms with Gasteiger partial charge in [0.2, 0.25) is 0 Å². The van der Waals surface area contributed by atoms with E-state index in [9.17, 15) is 9.00 Å². The van der Waals surface area contributed by atoms with E-state index in [2.05, 4.69) is 22.8 Å². The highest BCUT2D eigenvalue weighted by molar-refractivity contribution is 8.00. The van der Waals surface area contributed by atoms with Crippen LogP contribution in [0.15, 0.2) is 82.8 Å². The number of aliphatic imine (C=N–C) groups is 1. The Morgan fingerprint density at radius 3 is 2.34 bits per heavy atom. The van der Waals surface area contributed by atoms with Gasteiger partial charge >= 0.3 is 0 Å². The second-order valence-corrected chi connectivity index (χ2v) is 10.7. The minimum absolute atomic E-state index is 0.0349. The molecule has 6 nitrogen and oxygen atoms in total. The molecule has 2 aromatic rings. The highest BCUT2D eigenvalue weighted by atomic mass is 32.2. The molecule has 0 aromatic heterocycles. The number of anilines is 1. The number of nitrogens with zero attached hydrogens (tertiary/aromatic N) is 2. The Labute approximate surface area is 191 Å². The van der Waals surface area contributed by atoms with Gasteiger partial charge in [-0.3, -0.25) is 9.00 Å². The monoisotopic (exact) mass is 452 g/mol. The Kier molecular flexibility index (Phi) is 8.57. The third kappa shape index (κ3) is 6.67. The molecule has 0 saturated heterocycles. The largest absolute Gasteiger partial charge is 0.383 e. The summed E-state index contributed by atoms with van der Waals surface area (Å²) in [6, 6.07) is 16.5. The van der Waals surface area contributed by atoms with Crippen LogP contribution in [0.5, 0.6) is 0 Å². The number of benzene rings is 2. The highest BCUT2D eigenvalue weighted by Crippen LogP contribution is 2.21. The molecule has 0 saturated carbocycles. The van der Waals surface area contributed by atoms with Gasteiger partial charge in [-0.15, -0.1) is 0 Å². The van der Waals surface area contributed by atoms with Crippen molar-refractivity contribution in [2.24, 2.45) is 10.7 Å². The first-order valence-electron chi connectivity index (χ1n) is 10.2. The molecule has 2 unspecified atom stereocenters. The zero-order valence-electron chi connectivity index (χ0n) is 19.2. The Balaban J connectivity index is 2.10. The van der Waals surface area contributed by atoms with Crippen LogP contribution in [0.2, 0.25) is 0 Å². The van der Waals surface area contributed by atoms with E-state index in [4.69, 9.17) is 5.73 Å². The summed E-state index contributed by atoms with van der Waals surface area (Å²) in [6.07, 6.45) is 1.58. The summed E-state index contributed by atoms with van der Waals surface area (Å²) >= 11 is 0. The molecule has 0 spiro atoms. The molecule has 2 aromatic carbocycles. The smallest absolute Gasteiger partial charge is 0.258 e. The number of para-hydroxylation sites is 1. The first-order valence-corrected chi connectivity index (χ1v) is 12.0. The lowest BCUT2D eigenvalue weighted by Crippen LogP contribution is -2.30. The summed E-state index contributed by atoms with van der Waals surface area (Å²) in [5, 5.41) is 2.65. The predicted molar refractivity (Wildman–Crippen MR) is 137 cm³/mol. The molecule has 170 valence electrons. The maximum atomic E-state index is 13.2. The number of nitrogens with two attached hydrogens (primary N) is 1. The van der Waals surface area contributed by atoms with Gasteiger partial charge in [-0.1, -0.05) is 36.9 Å². The molecule has 0 heterocycles. The Morgan fingerprint density at radius 1 is 1.19 bits per heavy atom. The lowest BCUT2D eigenvalue weighted by Gasteiger charge is -2.21. The fourth-order valence-electron chi connectivity index (χ4n) is 2.98. The average Bonchev–Trinajstić information content (AvgIpc) is 2.76. The van der Waals surface area contributed by atoms with Crippen molar-refractivity contribution in [3.05, 3.63) is 78.5 Å². The number of hydrogen-bond acceptors (Lipinski definition) is 4. The highest BCUT2D eigenvalue weighted by Gasteiger charge is 2.18. The zero-order chi connectivity index (χ0) is 23.9. The van der Waals surface area contributed by atoms with Gasteiger partial charge in [0.15, 0.2) is 0 Å². The lowest BCUT2D eigenvalue weighted by atomic mass is 10.1. The van der Waals surface area contributed by atoms with Gasteiger partial charge in [0.25, 0.3) is 5.91 Å². The molecule has 0 radical (unpaired) electrons. The van der Waals surface area contributed by atoms with Crippen LogP contribution >= 0.6 is 0 Å². The summed E-state index contributed by atoms with van der Waals surface area (Å²) in [6.45, 7) is 8.27. The second kappa shape index (κ2) is 10.9. The Morgan fingerprint density at radius 2 is 1.78 bits per heavy atom. The summed E-state index contributed by atoms with van der Waals surface area (Å²) in [7, 11) is 1.49. The van der Waals surface area contributed by atoms with Gasteiger partial charge in [-0.05, 0) is 78.7 Å². The van der Waals surface area contributed by atoms with Crippen molar-refractivity contribution in [2.75, 3.05) is 26.0 Å². The topological polar surface area (TPSA) is 87.8 Å². The molecule has 0 aliphatic carbocycles. The maximum absolute atomic E-state index is 13.2. The van der Waals surface area contributed by atoms with Crippen molar-refractivity contribution in [1.29, 1.82) is 0 Å². The minimum atomic E-state index is -2.41. The number of rotatable bonds is 9. The summed E-state index contributed by atoms with van der Waals surface area (Å²) in [5.41, 5.74) is 8.43. The molecule has 32 heavy (non-hydrogen) atoms. The van der Waals surface area contributed by atoms with Gasteiger partial charge in [-0.2, -0.15) is 0 Å². The van der Waals surface area contributed by atoms with Crippen molar-refractivity contribution >= 4 is 38.4 Å². The summed E-state index contributed by atoms with van der Waals surface area (Å²) in [4.78, 5) is 19.2. The third-order valence-corrected chi connectivity index (χ3v) is 7.51. The first kappa shape index (κ1) is 25.1. The second-order valence-electron chi connectivity index (χ2n) is 7.95. The normalized spacial score (nSPS) is 15.2.